The first-order valence-corrected chi connectivity index (χ1v) is 13.9. The zero-order chi connectivity index (χ0) is 29.7. The maximum Gasteiger partial charge on any atom is 0.246 e. The van der Waals surface area contributed by atoms with Crippen LogP contribution in [0.15, 0.2) is 36.4 Å². The summed E-state index contributed by atoms with van der Waals surface area (Å²) in [6.45, 7) is 6.01. The number of likely N-dealkylation sites (tertiary alicyclic amines) is 2. The molecule has 0 saturated carbocycles. The molecule has 10 heteroatoms. The van der Waals surface area contributed by atoms with E-state index in [1.165, 1.54) is 4.90 Å². The molecule has 3 heterocycles. The zero-order valence-electron chi connectivity index (χ0n) is 23.3. The lowest BCUT2D eigenvalue weighted by molar-refractivity contribution is -0.148. The molecule has 2 saturated heterocycles. The summed E-state index contributed by atoms with van der Waals surface area (Å²) in [4.78, 5) is 44.1. The van der Waals surface area contributed by atoms with Crippen molar-refractivity contribution in [3.63, 3.8) is 0 Å². The Kier molecular flexibility index (Phi) is 7.35. The first kappa shape index (κ1) is 28.7. The van der Waals surface area contributed by atoms with Gasteiger partial charge in [-0.15, -0.1) is 0 Å². The van der Waals surface area contributed by atoms with Gasteiger partial charge in [-0.25, -0.2) is 13.2 Å². The minimum Gasteiger partial charge on any atom is -0.330 e. The second-order valence-electron chi connectivity index (χ2n) is 12.4. The number of hydrogen-bond donors (Lipinski definition) is 1. The van der Waals surface area contributed by atoms with E-state index in [1.54, 1.807) is 11.0 Å². The van der Waals surface area contributed by atoms with Crippen molar-refractivity contribution in [2.45, 2.75) is 70.4 Å². The Labute approximate surface area is 237 Å². The number of amides is 3. The molecule has 0 aromatic heterocycles. The maximum absolute atomic E-state index is 14.3. The van der Waals surface area contributed by atoms with E-state index in [-0.39, 0.29) is 49.1 Å². The van der Waals surface area contributed by atoms with E-state index >= 15 is 0 Å². The summed E-state index contributed by atoms with van der Waals surface area (Å²) in [7, 11) is 0. The predicted octanol–water partition coefficient (Wildman–Crippen LogP) is 4.70. The van der Waals surface area contributed by atoms with E-state index in [9.17, 15) is 32.8 Å². The largest absolute Gasteiger partial charge is 0.330 e. The highest BCUT2D eigenvalue weighted by molar-refractivity contribution is 6.07. The molecule has 3 aliphatic rings. The number of nitrogens with zero attached hydrogens (tertiary/aromatic N) is 3. The Bertz CT molecular complexity index is 1450. The monoisotopic (exact) mass is 566 g/mol. The minimum atomic E-state index is -1.27. The fourth-order valence-corrected chi connectivity index (χ4v) is 6.65. The number of nitriles is 1. The summed E-state index contributed by atoms with van der Waals surface area (Å²) in [5.74, 6) is -4.82. The minimum absolute atomic E-state index is 0.0167. The van der Waals surface area contributed by atoms with Crippen LogP contribution in [0.2, 0.25) is 0 Å². The normalized spacial score (nSPS) is 24.4. The van der Waals surface area contributed by atoms with Gasteiger partial charge in [0.2, 0.25) is 17.7 Å². The molecule has 2 aromatic carbocycles. The molecule has 1 unspecified atom stereocenters. The van der Waals surface area contributed by atoms with Crippen LogP contribution in [0, 0.1) is 40.1 Å². The van der Waals surface area contributed by atoms with Crippen LogP contribution in [0.3, 0.4) is 0 Å². The molecule has 3 aliphatic heterocycles. The molecule has 2 aromatic rings. The van der Waals surface area contributed by atoms with E-state index < -0.39 is 46.3 Å². The Morgan fingerprint density at radius 2 is 1.83 bits per heavy atom. The number of benzene rings is 2. The smallest absolute Gasteiger partial charge is 0.246 e. The number of carbonyl (C=O) groups excluding carboxylic acids is 3. The lowest BCUT2D eigenvalue weighted by Crippen LogP contribution is -2.52. The van der Waals surface area contributed by atoms with Crippen LogP contribution in [0.25, 0.3) is 0 Å². The summed E-state index contributed by atoms with van der Waals surface area (Å²) < 4.78 is 41.5. The standard InChI is InChI=1S/C31H33F3N4O3/c1-30(2,3)21(11-10-18-13-23(33)24(34)14-22(18)32)27(39)37-12-6-9-26(37)28(40)38-17-31(15-19(38)16-35)20-7-4-5-8-25(20)36-29(31)41/h4-5,7-8,13-14,19,21,26H,6,9-12,15,17H2,1-3H3,(H,36,41)/t19-,21?,26-,31-/m0/s1. The van der Waals surface area contributed by atoms with Gasteiger partial charge in [0.15, 0.2) is 11.6 Å². The molecular formula is C31H33F3N4O3. The molecule has 0 bridgehead atoms. The number of carbonyl (C=O) groups is 3. The van der Waals surface area contributed by atoms with Crippen LogP contribution in [-0.2, 0) is 26.2 Å². The van der Waals surface area contributed by atoms with Gasteiger partial charge >= 0.3 is 0 Å². The quantitative estimate of drug-likeness (QED) is 0.531. The molecule has 216 valence electrons. The van der Waals surface area contributed by atoms with Crippen molar-refractivity contribution in [2.75, 3.05) is 18.4 Å². The van der Waals surface area contributed by atoms with Crippen molar-refractivity contribution in [1.29, 1.82) is 5.26 Å². The SMILES string of the molecule is CC(C)(C)C(CCc1cc(F)c(F)cc1F)C(=O)N1CCC[C@H]1C(=O)N1C[C@]2(C[C@H]1C#N)C(=O)Nc1ccccc12. The zero-order valence-corrected chi connectivity index (χ0v) is 23.3. The molecular weight excluding hydrogens is 533 g/mol. The summed E-state index contributed by atoms with van der Waals surface area (Å²) in [5.41, 5.74) is -0.179. The fourth-order valence-electron chi connectivity index (χ4n) is 6.65. The van der Waals surface area contributed by atoms with Crippen LogP contribution >= 0.6 is 0 Å². The van der Waals surface area contributed by atoms with Gasteiger partial charge in [-0.3, -0.25) is 14.4 Å². The van der Waals surface area contributed by atoms with E-state index in [0.29, 0.717) is 31.1 Å². The molecule has 5 rings (SSSR count). The number of rotatable bonds is 5. The van der Waals surface area contributed by atoms with Crippen LogP contribution in [-0.4, -0.2) is 52.7 Å². The number of para-hydroxylation sites is 1. The van der Waals surface area contributed by atoms with E-state index in [4.69, 9.17) is 0 Å². The van der Waals surface area contributed by atoms with Gasteiger partial charge < -0.3 is 15.1 Å². The number of anilines is 1. The predicted molar refractivity (Wildman–Crippen MR) is 145 cm³/mol. The molecule has 1 N–H and O–H groups in total. The Morgan fingerprint density at radius 3 is 2.54 bits per heavy atom. The summed E-state index contributed by atoms with van der Waals surface area (Å²) in [6.07, 6.45) is 1.37. The summed E-state index contributed by atoms with van der Waals surface area (Å²) >= 11 is 0. The highest BCUT2D eigenvalue weighted by Crippen LogP contribution is 2.47. The third-order valence-corrected chi connectivity index (χ3v) is 8.87. The Hall–Kier alpha value is -3.87. The first-order valence-electron chi connectivity index (χ1n) is 13.9. The maximum atomic E-state index is 14.3. The number of fused-ring (bicyclic) bond motifs is 2. The van der Waals surface area contributed by atoms with Crippen LogP contribution in [0.5, 0.6) is 0 Å². The number of halogens is 3. The second-order valence-corrected chi connectivity index (χ2v) is 12.4. The molecule has 0 radical (unpaired) electrons. The van der Waals surface area contributed by atoms with Crippen molar-refractivity contribution < 1.29 is 27.6 Å². The van der Waals surface area contributed by atoms with Gasteiger partial charge in [-0.2, -0.15) is 5.26 Å². The lowest BCUT2D eigenvalue weighted by atomic mass is 9.76. The van der Waals surface area contributed by atoms with Gasteiger partial charge in [0.05, 0.1) is 11.5 Å². The topological polar surface area (TPSA) is 93.5 Å². The van der Waals surface area contributed by atoms with Gasteiger partial charge in [0.25, 0.3) is 0 Å². The number of hydrogen-bond acceptors (Lipinski definition) is 4. The highest BCUT2D eigenvalue weighted by Gasteiger charge is 2.57. The number of aryl methyl sites for hydroxylation is 1. The van der Waals surface area contributed by atoms with E-state index in [2.05, 4.69) is 11.4 Å². The molecule has 4 atom stereocenters. The van der Waals surface area contributed by atoms with Gasteiger partial charge in [-0.05, 0) is 54.4 Å². The van der Waals surface area contributed by atoms with Gasteiger partial charge in [0.1, 0.15) is 17.9 Å². The van der Waals surface area contributed by atoms with Crippen LogP contribution < -0.4 is 5.32 Å². The van der Waals surface area contributed by atoms with Crippen LogP contribution in [0.4, 0.5) is 18.9 Å². The third-order valence-electron chi connectivity index (χ3n) is 8.87. The van der Waals surface area contributed by atoms with Crippen LogP contribution in [0.1, 0.15) is 57.6 Å². The van der Waals surface area contributed by atoms with Gasteiger partial charge in [0, 0.05) is 37.2 Å². The van der Waals surface area contributed by atoms with Crippen molar-refractivity contribution in [1.82, 2.24) is 9.80 Å². The first-order chi connectivity index (χ1) is 19.4. The van der Waals surface area contributed by atoms with Crippen molar-refractivity contribution >= 4 is 23.4 Å². The summed E-state index contributed by atoms with van der Waals surface area (Å²) in [6, 6.07) is 9.16. The summed E-state index contributed by atoms with van der Waals surface area (Å²) in [5, 5.41) is 12.9. The highest BCUT2D eigenvalue weighted by atomic mass is 19.2. The van der Waals surface area contributed by atoms with Crippen molar-refractivity contribution in [3.8, 4) is 6.07 Å². The Balaban J connectivity index is 1.37. The third kappa shape index (κ3) is 4.96. The molecule has 3 amide bonds. The van der Waals surface area contributed by atoms with Crippen molar-refractivity contribution in [2.24, 2.45) is 11.3 Å². The van der Waals surface area contributed by atoms with E-state index in [0.717, 1.165) is 11.6 Å². The fraction of sp³-hybridized carbons (Fsp3) is 0.484. The Morgan fingerprint density at radius 1 is 1.12 bits per heavy atom. The molecule has 41 heavy (non-hydrogen) atoms. The van der Waals surface area contributed by atoms with E-state index in [1.807, 2.05) is 39.0 Å². The average molecular weight is 567 g/mol. The van der Waals surface area contributed by atoms with Gasteiger partial charge in [-0.1, -0.05) is 39.0 Å². The lowest BCUT2D eigenvalue weighted by Gasteiger charge is -2.36. The molecule has 0 aliphatic carbocycles. The second kappa shape index (κ2) is 10.5. The molecule has 2 fully saturated rings. The molecule has 7 nitrogen and oxygen atoms in total. The number of nitrogens with one attached hydrogen (secondary N) is 1. The van der Waals surface area contributed by atoms with Crippen molar-refractivity contribution in [3.05, 3.63) is 65.0 Å². The molecule has 1 spiro atoms. The average Bonchev–Trinajstić information content (AvgIpc) is 3.63.